The first-order valence-corrected chi connectivity index (χ1v) is 18.3. The molecular formula is C50H35N5. The van der Waals surface area contributed by atoms with Crippen LogP contribution in [0.25, 0.3) is 67.2 Å². The number of benzene rings is 8. The van der Waals surface area contributed by atoms with E-state index in [-0.39, 0.29) is 0 Å². The highest BCUT2D eigenvalue weighted by atomic mass is 15.0. The molecule has 0 spiro atoms. The van der Waals surface area contributed by atoms with E-state index >= 15 is 0 Å². The van der Waals surface area contributed by atoms with Crippen molar-refractivity contribution in [2.75, 3.05) is 5.32 Å². The second-order valence-corrected chi connectivity index (χ2v) is 13.4. The summed E-state index contributed by atoms with van der Waals surface area (Å²) in [5, 5.41) is 15.3. The fourth-order valence-electron chi connectivity index (χ4n) is 6.94. The number of para-hydroxylation sites is 1. The Bertz CT molecular complexity index is 2740. The van der Waals surface area contributed by atoms with E-state index < -0.39 is 0 Å². The summed E-state index contributed by atoms with van der Waals surface area (Å²) in [4.78, 5) is 14.8. The fourth-order valence-corrected chi connectivity index (χ4v) is 6.94. The third-order valence-corrected chi connectivity index (χ3v) is 9.74. The van der Waals surface area contributed by atoms with Crippen LogP contribution in [-0.4, -0.2) is 20.7 Å². The van der Waals surface area contributed by atoms with Gasteiger partial charge in [-0.3, -0.25) is 5.41 Å². The first-order valence-electron chi connectivity index (χ1n) is 18.3. The number of hydrogen-bond donors (Lipinski definition) is 2. The van der Waals surface area contributed by atoms with Gasteiger partial charge in [-0.25, -0.2) is 15.0 Å². The Hall–Kier alpha value is -7.50. The standard InChI is InChI=1S/C50H35N5/c51-46(45-30-29-34-15-10-11-28-44(34)47(45)52-43-26-8-3-9-27-43)41-24-13-22-39(32-41)37-20-12-21-38(31-37)40-23-14-25-42(33-40)50-54-48(35-16-4-1-5-17-35)53-49(55-50)36-18-6-2-7-19-36/h1-33,51-52H. The second kappa shape index (κ2) is 14.9. The molecule has 1 aromatic heterocycles. The zero-order valence-corrected chi connectivity index (χ0v) is 29.9. The number of nitrogens with zero attached hydrogens (tertiary/aromatic N) is 3. The summed E-state index contributed by atoms with van der Waals surface area (Å²) in [5.41, 5.74) is 11.1. The zero-order valence-electron chi connectivity index (χ0n) is 29.9. The van der Waals surface area contributed by atoms with Gasteiger partial charge in [0.25, 0.3) is 0 Å². The smallest absolute Gasteiger partial charge is 0.164 e. The predicted molar refractivity (Wildman–Crippen MR) is 227 cm³/mol. The zero-order chi connectivity index (χ0) is 37.0. The van der Waals surface area contributed by atoms with Gasteiger partial charge >= 0.3 is 0 Å². The molecule has 0 atom stereocenters. The molecule has 0 fully saturated rings. The van der Waals surface area contributed by atoms with Crippen molar-refractivity contribution in [1.29, 1.82) is 5.41 Å². The Morgan fingerprint density at radius 2 is 0.836 bits per heavy atom. The van der Waals surface area contributed by atoms with Gasteiger partial charge in [-0.05, 0) is 58.0 Å². The molecule has 55 heavy (non-hydrogen) atoms. The number of anilines is 2. The minimum absolute atomic E-state index is 0.456. The minimum atomic E-state index is 0.456. The van der Waals surface area contributed by atoms with Crippen LogP contribution in [0.3, 0.4) is 0 Å². The van der Waals surface area contributed by atoms with Crippen LogP contribution >= 0.6 is 0 Å². The molecular weight excluding hydrogens is 671 g/mol. The predicted octanol–water partition coefficient (Wildman–Crippen LogP) is 12.5. The molecule has 0 unspecified atom stereocenters. The first kappa shape index (κ1) is 33.3. The molecule has 0 aliphatic rings. The van der Waals surface area contributed by atoms with E-state index in [1.54, 1.807) is 0 Å². The van der Waals surface area contributed by atoms with Crippen LogP contribution in [0.2, 0.25) is 0 Å². The minimum Gasteiger partial charge on any atom is -0.354 e. The number of aromatic nitrogens is 3. The molecule has 0 radical (unpaired) electrons. The summed E-state index contributed by atoms with van der Waals surface area (Å²) in [7, 11) is 0. The summed E-state index contributed by atoms with van der Waals surface area (Å²) in [6, 6.07) is 67.8. The number of rotatable bonds is 9. The summed E-state index contributed by atoms with van der Waals surface area (Å²) >= 11 is 0. The van der Waals surface area contributed by atoms with E-state index in [1.165, 1.54) is 0 Å². The lowest BCUT2D eigenvalue weighted by molar-refractivity contribution is 1.07. The maximum absolute atomic E-state index is 9.48. The molecule has 9 aromatic rings. The van der Waals surface area contributed by atoms with Crippen molar-refractivity contribution >= 4 is 27.9 Å². The van der Waals surface area contributed by atoms with E-state index in [2.05, 4.69) is 84.2 Å². The molecule has 5 heteroatoms. The van der Waals surface area contributed by atoms with Crippen LogP contribution in [0.5, 0.6) is 0 Å². The van der Waals surface area contributed by atoms with Crippen molar-refractivity contribution in [2.45, 2.75) is 0 Å². The highest BCUT2D eigenvalue weighted by Gasteiger charge is 2.16. The number of nitrogens with one attached hydrogen (secondary N) is 2. The molecule has 5 nitrogen and oxygen atoms in total. The molecule has 260 valence electrons. The molecule has 0 saturated carbocycles. The third-order valence-electron chi connectivity index (χ3n) is 9.74. The summed E-state index contributed by atoms with van der Waals surface area (Å²) in [6.45, 7) is 0. The molecule has 0 aliphatic heterocycles. The van der Waals surface area contributed by atoms with Gasteiger partial charge in [-0.15, -0.1) is 0 Å². The Balaban J connectivity index is 1.05. The summed E-state index contributed by atoms with van der Waals surface area (Å²) < 4.78 is 0. The Kier molecular flexibility index (Phi) is 9.01. The van der Waals surface area contributed by atoms with Gasteiger partial charge in [0, 0.05) is 38.9 Å². The van der Waals surface area contributed by atoms with Crippen LogP contribution in [0, 0.1) is 5.41 Å². The van der Waals surface area contributed by atoms with Gasteiger partial charge in [0.15, 0.2) is 17.5 Å². The van der Waals surface area contributed by atoms with E-state index in [1.807, 2.05) is 121 Å². The lowest BCUT2D eigenvalue weighted by Gasteiger charge is -2.17. The first-order chi connectivity index (χ1) is 27.2. The van der Waals surface area contributed by atoms with Crippen molar-refractivity contribution in [3.05, 3.63) is 211 Å². The maximum Gasteiger partial charge on any atom is 0.164 e. The van der Waals surface area contributed by atoms with Gasteiger partial charge in [0.1, 0.15) is 0 Å². The second-order valence-electron chi connectivity index (χ2n) is 13.4. The summed E-state index contributed by atoms with van der Waals surface area (Å²) in [5.74, 6) is 1.88. The van der Waals surface area contributed by atoms with Crippen LogP contribution < -0.4 is 5.32 Å². The average Bonchev–Trinajstić information content (AvgIpc) is 3.27. The van der Waals surface area contributed by atoms with Gasteiger partial charge < -0.3 is 5.32 Å². The van der Waals surface area contributed by atoms with Gasteiger partial charge in [0.2, 0.25) is 0 Å². The number of fused-ring (bicyclic) bond motifs is 1. The largest absolute Gasteiger partial charge is 0.354 e. The topological polar surface area (TPSA) is 74.5 Å². The summed E-state index contributed by atoms with van der Waals surface area (Å²) in [6.07, 6.45) is 0. The fraction of sp³-hybridized carbons (Fsp3) is 0. The van der Waals surface area contributed by atoms with Gasteiger partial charge in [-0.2, -0.15) is 0 Å². The maximum atomic E-state index is 9.48. The number of hydrogen-bond acceptors (Lipinski definition) is 5. The van der Waals surface area contributed by atoms with Crippen molar-refractivity contribution in [1.82, 2.24) is 15.0 Å². The lowest BCUT2D eigenvalue weighted by atomic mass is 9.93. The SMILES string of the molecule is N=C(c1cccc(-c2cccc(-c3cccc(-c4nc(-c5ccccc5)nc(-c5ccccc5)n4)c3)c2)c1)c1ccc2ccccc2c1Nc1ccccc1. The lowest BCUT2D eigenvalue weighted by Crippen LogP contribution is -2.06. The average molecular weight is 706 g/mol. The molecule has 0 amide bonds. The van der Waals surface area contributed by atoms with Gasteiger partial charge in [0.05, 0.1) is 11.4 Å². The highest BCUT2D eigenvalue weighted by Crippen LogP contribution is 2.34. The van der Waals surface area contributed by atoms with Crippen LogP contribution in [-0.2, 0) is 0 Å². The third kappa shape index (κ3) is 7.02. The Morgan fingerprint density at radius 3 is 1.45 bits per heavy atom. The van der Waals surface area contributed by atoms with Crippen LogP contribution in [0.4, 0.5) is 11.4 Å². The molecule has 2 N–H and O–H groups in total. The van der Waals surface area contributed by atoms with Crippen molar-refractivity contribution in [3.63, 3.8) is 0 Å². The van der Waals surface area contributed by atoms with E-state index in [9.17, 15) is 5.41 Å². The molecule has 0 saturated heterocycles. The molecule has 0 aliphatic carbocycles. The molecule has 9 rings (SSSR count). The van der Waals surface area contributed by atoms with Crippen LogP contribution in [0.1, 0.15) is 11.1 Å². The van der Waals surface area contributed by atoms with Crippen molar-refractivity contribution in [3.8, 4) is 56.4 Å². The van der Waals surface area contributed by atoms with E-state index in [4.69, 9.17) is 15.0 Å². The van der Waals surface area contributed by atoms with Gasteiger partial charge in [-0.1, -0.05) is 170 Å². The Morgan fingerprint density at radius 1 is 0.382 bits per heavy atom. The van der Waals surface area contributed by atoms with E-state index in [0.717, 1.165) is 72.2 Å². The molecule has 0 bridgehead atoms. The molecule has 1 heterocycles. The Labute approximate surface area is 320 Å². The van der Waals surface area contributed by atoms with Crippen molar-refractivity contribution < 1.29 is 0 Å². The quantitative estimate of drug-likeness (QED) is 0.147. The normalized spacial score (nSPS) is 11.0. The highest BCUT2D eigenvalue weighted by molar-refractivity contribution is 6.18. The monoisotopic (exact) mass is 705 g/mol. The molecule has 8 aromatic carbocycles. The van der Waals surface area contributed by atoms with E-state index in [0.29, 0.717) is 23.2 Å². The van der Waals surface area contributed by atoms with Crippen molar-refractivity contribution in [2.24, 2.45) is 0 Å². The van der Waals surface area contributed by atoms with Crippen LogP contribution in [0.15, 0.2) is 200 Å².